The Morgan fingerprint density at radius 2 is 2.00 bits per heavy atom. The summed E-state index contributed by atoms with van der Waals surface area (Å²) < 4.78 is 35.0. The molecule has 124 valence electrons. The Bertz CT molecular complexity index is 963. The first-order valence-electron chi connectivity index (χ1n) is 7.22. The predicted octanol–water partition coefficient (Wildman–Crippen LogP) is 3.37. The Labute approximate surface area is 140 Å². The quantitative estimate of drug-likeness (QED) is 0.726. The molecule has 0 atom stereocenters. The summed E-state index contributed by atoms with van der Waals surface area (Å²) >= 11 is 1.31. The number of rotatable bonds is 4. The van der Waals surface area contributed by atoms with Gasteiger partial charge < -0.3 is 9.30 Å². The van der Waals surface area contributed by atoms with E-state index in [9.17, 15) is 13.6 Å². The fourth-order valence-corrected chi connectivity index (χ4v) is 3.38. The minimum Gasteiger partial charge on any atom is -0.383 e. The van der Waals surface area contributed by atoms with Crippen LogP contribution < -0.4 is 4.80 Å². The van der Waals surface area contributed by atoms with E-state index in [4.69, 9.17) is 4.74 Å². The van der Waals surface area contributed by atoms with Crippen LogP contribution in [0.15, 0.2) is 47.5 Å². The summed E-state index contributed by atoms with van der Waals surface area (Å²) in [5, 5.41) is 0. The van der Waals surface area contributed by atoms with Gasteiger partial charge in [0.2, 0.25) is 0 Å². The molecule has 0 aliphatic heterocycles. The van der Waals surface area contributed by atoms with Gasteiger partial charge in [-0.3, -0.25) is 4.79 Å². The number of fused-ring (bicyclic) bond motifs is 1. The summed E-state index contributed by atoms with van der Waals surface area (Å²) in [6, 6.07) is 11.1. The number of hydrogen-bond acceptors (Lipinski definition) is 3. The largest absolute Gasteiger partial charge is 0.383 e. The molecule has 0 saturated carbocycles. The van der Waals surface area contributed by atoms with Crippen LogP contribution in [0.2, 0.25) is 0 Å². The first kappa shape index (κ1) is 16.5. The van der Waals surface area contributed by atoms with Crippen molar-refractivity contribution in [3.63, 3.8) is 0 Å². The van der Waals surface area contributed by atoms with Gasteiger partial charge in [0.25, 0.3) is 5.91 Å². The number of amides is 1. The molecular formula is C17H14F2N2O2S. The maximum absolute atomic E-state index is 13.8. The third-order valence-corrected chi connectivity index (χ3v) is 4.55. The van der Waals surface area contributed by atoms with E-state index >= 15 is 0 Å². The van der Waals surface area contributed by atoms with E-state index in [2.05, 4.69) is 4.99 Å². The Balaban J connectivity index is 2.12. The highest BCUT2D eigenvalue weighted by Crippen LogP contribution is 2.17. The van der Waals surface area contributed by atoms with Crippen molar-refractivity contribution < 1.29 is 18.3 Å². The van der Waals surface area contributed by atoms with E-state index < -0.39 is 17.5 Å². The summed E-state index contributed by atoms with van der Waals surface area (Å²) in [7, 11) is 1.58. The molecule has 7 heteroatoms. The van der Waals surface area contributed by atoms with Crippen molar-refractivity contribution in [2.24, 2.45) is 4.99 Å². The zero-order valence-electron chi connectivity index (χ0n) is 12.8. The summed E-state index contributed by atoms with van der Waals surface area (Å²) in [4.78, 5) is 16.7. The highest BCUT2D eigenvalue weighted by molar-refractivity contribution is 7.16. The number of ether oxygens (including phenoxy) is 1. The van der Waals surface area contributed by atoms with E-state index in [1.807, 2.05) is 28.8 Å². The zero-order chi connectivity index (χ0) is 17.1. The van der Waals surface area contributed by atoms with Crippen LogP contribution in [0, 0.1) is 11.6 Å². The maximum Gasteiger partial charge on any atom is 0.282 e. The molecule has 0 spiro atoms. The lowest BCUT2D eigenvalue weighted by atomic mass is 10.2. The van der Waals surface area contributed by atoms with Crippen LogP contribution in [0.25, 0.3) is 10.2 Å². The fraction of sp³-hybridized carbons (Fsp3) is 0.176. The van der Waals surface area contributed by atoms with Gasteiger partial charge in [-0.1, -0.05) is 29.5 Å². The van der Waals surface area contributed by atoms with Crippen molar-refractivity contribution in [2.75, 3.05) is 13.7 Å². The van der Waals surface area contributed by atoms with Gasteiger partial charge >= 0.3 is 0 Å². The van der Waals surface area contributed by atoms with Gasteiger partial charge in [0.1, 0.15) is 0 Å². The Morgan fingerprint density at radius 3 is 2.79 bits per heavy atom. The Hall–Kier alpha value is -2.38. The lowest BCUT2D eigenvalue weighted by Crippen LogP contribution is -2.19. The molecule has 3 aromatic rings. The number of thiazole rings is 1. The minimum absolute atomic E-state index is 0.384. The molecule has 0 saturated heterocycles. The van der Waals surface area contributed by atoms with Crippen LogP contribution in [0.4, 0.5) is 8.78 Å². The standard InChI is InChI=1S/C17H14F2N2O2S/c1-23-10-9-21-13-7-2-3-8-14(13)24-17(21)20-16(22)11-5-4-6-12(18)15(11)19/h2-8H,9-10H2,1H3/b20-17-. The van der Waals surface area contributed by atoms with Crippen LogP contribution in [0.1, 0.15) is 10.4 Å². The van der Waals surface area contributed by atoms with E-state index in [0.717, 1.165) is 16.3 Å². The summed E-state index contributed by atoms with van der Waals surface area (Å²) in [6.45, 7) is 0.939. The summed E-state index contributed by atoms with van der Waals surface area (Å²) in [6.07, 6.45) is 0. The lowest BCUT2D eigenvalue weighted by molar-refractivity contribution is 0.0992. The van der Waals surface area contributed by atoms with Crippen LogP contribution in [-0.2, 0) is 11.3 Å². The zero-order valence-corrected chi connectivity index (χ0v) is 13.6. The highest BCUT2D eigenvalue weighted by atomic mass is 32.1. The average Bonchev–Trinajstić information content (AvgIpc) is 2.92. The van der Waals surface area contributed by atoms with Gasteiger partial charge in [-0.2, -0.15) is 4.99 Å². The smallest absolute Gasteiger partial charge is 0.282 e. The van der Waals surface area contributed by atoms with Crippen molar-refractivity contribution in [1.29, 1.82) is 0 Å². The first-order valence-corrected chi connectivity index (χ1v) is 8.04. The second kappa shape index (κ2) is 7.02. The molecule has 1 aromatic heterocycles. The van der Waals surface area contributed by atoms with Gasteiger partial charge in [0, 0.05) is 13.7 Å². The van der Waals surface area contributed by atoms with E-state index in [1.54, 1.807) is 7.11 Å². The molecule has 1 heterocycles. The van der Waals surface area contributed by atoms with Crippen molar-refractivity contribution in [2.45, 2.75) is 6.54 Å². The van der Waals surface area contributed by atoms with E-state index in [0.29, 0.717) is 18.0 Å². The molecule has 0 fully saturated rings. The van der Waals surface area contributed by atoms with Crippen molar-refractivity contribution in [3.05, 3.63) is 64.5 Å². The fourth-order valence-electron chi connectivity index (χ4n) is 2.32. The second-order valence-corrected chi connectivity index (χ2v) is 6.02. The van der Waals surface area contributed by atoms with Crippen LogP contribution in [0.5, 0.6) is 0 Å². The maximum atomic E-state index is 13.8. The number of methoxy groups -OCH3 is 1. The number of carbonyl (C=O) groups is 1. The van der Waals surface area contributed by atoms with Gasteiger partial charge in [0.15, 0.2) is 16.4 Å². The monoisotopic (exact) mass is 348 g/mol. The van der Waals surface area contributed by atoms with Crippen molar-refractivity contribution in [1.82, 2.24) is 4.57 Å². The number of hydrogen-bond donors (Lipinski definition) is 0. The summed E-state index contributed by atoms with van der Waals surface area (Å²) in [5.74, 6) is -3.07. The van der Waals surface area contributed by atoms with Crippen LogP contribution >= 0.6 is 11.3 Å². The number of nitrogens with zero attached hydrogens (tertiary/aromatic N) is 2. The van der Waals surface area contributed by atoms with E-state index in [1.165, 1.54) is 23.5 Å². The average molecular weight is 348 g/mol. The Kier molecular flexibility index (Phi) is 4.82. The molecule has 1 amide bonds. The SMILES string of the molecule is COCCn1/c(=N/C(=O)c2cccc(F)c2F)sc2ccccc21. The second-order valence-electron chi connectivity index (χ2n) is 5.02. The number of halogens is 2. The molecule has 24 heavy (non-hydrogen) atoms. The predicted molar refractivity (Wildman–Crippen MR) is 87.9 cm³/mol. The van der Waals surface area contributed by atoms with Gasteiger partial charge in [-0.05, 0) is 24.3 Å². The third kappa shape index (κ3) is 3.13. The first-order chi connectivity index (χ1) is 11.6. The number of para-hydroxylation sites is 1. The van der Waals surface area contributed by atoms with Crippen molar-refractivity contribution >= 4 is 27.5 Å². The van der Waals surface area contributed by atoms with Gasteiger partial charge in [0.05, 0.1) is 22.4 Å². The molecule has 0 aliphatic carbocycles. The molecule has 0 bridgehead atoms. The summed E-state index contributed by atoms with van der Waals surface area (Å²) in [5.41, 5.74) is 0.525. The van der Waals surface area contributed by atoms with Crippen molar-refractivity contribution in [3.8, 4) is 0 Å². The number of benzene rings is 2. The molecule has 3 rings (SSSR count). The van der Waals surface area contributed by atoms with Crippen LogP contribution in [0.3, 0.4) is 0 Å². The normalized spacial score (nSPS) is 12.0. The molecular weight excluding hydrogens is 334 g/mol. The van der Waals surface area contributed by atoms with Crippen LogP contribution in [-0.4, -0.2) is 24.2 Å². The van der Waals surface area contributed by atoms with Gasteiger partial charge in [-0.15, -0.1) is 0 Å². The molecule has 2 aromatic carbocycles. The molecule has 0 aliphatic rings. The third-order valence-electron chi connectivity index (χ3n) is 3.49. The number of carbonyl (C=O) groups excluding carboxylic acids is 1. The van der Waals surface area contributed by atoms with E-state index in [-0.39, 0.29) is 5.56 Å². The molecule has 0 N–H and O–H groups in total. The molecule has 0 unspecified atom stereocenters. The molecule has 0 radical (unpaired) electrons. The van der Waals surface area contributed by atoms with Gasteiger partial charge in [-0.25, -0.2) is 8.78 Å². The Morgan fingerprint density at radius 1 is 1.21 bits per heavy atom. The molecule has 4 nitrogen and oxygen atoms in total. The lowest BCUT2D eigenvalue weighted by Gasteiger charge is -2.04. The minimum atomic E-state index is -1.18. The topological polar surface area (TPSA) is 43.6 Å². The number of aromatic nitrogens is 1. The highest BCUT2D eigenvalue weighted by Gasteiger charge is 2.15.